The fourth-order valence-corrected chi connectivity index (χ4v) is 2.87. The summed E-state index contributed by atoms with van der Waals surface area (Å²) >= 11 is 1.68. The van der Waals surface area contributed by atoms with Crippen molar-refractivity contribution in [1.29, 1.82) is 0 Å². The first kappa shape index (κ1) is 13.8. The van der Waals surface area contributed by atoms with E-state index in [9.17, 15) is 4.79 Å². The lowest BCUT2D eigenvalue weighted by Crippen LogP contribution is -2.34. The van der Waals surface area contributed by atoms with Crippen LogP contribution >= 0.6 is 11.3 Å². The number of fused-ring (bicyclic) bond motifs is 1. The van der Waals surface area contributed by atoms with E-state index < -0.39 is 0 Å². The second-order valence-corrected chi connectivity index (χ2v) is 6.11. The predicted molar refractivity (Wildman–Crippen MR) is 80.7 cm³/mol. The van der Waals surface area contributed by atoms with Gasteiger partial charge in [-0.15, -0.1) is 11.3 Å². The van der Waals surface area contributed by atoms with Gasteiger partial charge in [-0.3, -0.25) is 0 Å². The maximum absolute atomic E-state index is 11.8. The van der Waals surface area contributed by atoms with Crippen LogP contribution in [-0.4, -0.2) is 12.8 Å². The Morgan fingerprint density at radius 2 is 1.95 bits per heavy atom. The van der Waals surface area contributed by atoms with Crippen LogP contribution in [0.1, 0.15) is 15.3 Å². The molecule has 2 aromatic rings. The smallest absolute Gasteiger partial charge is 0.315 e. The molecule has 3 rings (SSSR count). The minimum absolute atomic E-state index is 0.182. The number of aryl methyl sites for hydroxylation is 1. The average molecular weight is 304 g/mol. The van der Waals surface area contributed by atoms with E-state index >= 15 is 0 Å². The molecule has 0 fully saturated rings. The van der Waals surface area contributed by atoms with Crippen LogP contribution in [0.25, 0.3) is 0 Å². The third kappa shape index (κ3) is 3.46. The molecule has 0 atom stereocenters. The molecule has 6 heteroatoms. The van der Waals surface area contributed by atoms with E-state index in [2.05, 4.69) is 10.6 Å². The molecule has 21 heavy (non-hydrogen) atoms. The Morgan fingerprint density at radius 3 is 2.76 bits per heavy atom. The quantitative estimate of drug-likeness (QED) is 0.913. The molecule has 110 valence electrons. The number of benzene rings is 1. The molecule has 0 radical (unpaired) electrons. The van der Waals surface area contributed by atoms with Crippen LogP contribution in [-0.2, 0) is 13.1 Å². The molecule has 2 amide bonds. The van der Waals surface area contributed by atoms with Gasteiger partial charge in [-0.1, -0.05) is 6.07 Å². The summed E-state index contributed by atoms with van der Waals surface area (Å²) in [5.74, 6) is 1.47. The Bertz CT molecular complexity index is 654. The molecular formula is C15H16N2O3S. The highest BCUT2D eigenvalue weighted by Gasteiger charge is 2.13. The van der Waals surface area contributed by atoms with Crippen molar-refractivity contribution in [3.63, 3.8) is 0 Å². The lowest BCUT2D eigenvalue weighted by molar-refractivity contribution is 0.174. The number of carbonyl (C=O) groups excluding carboxylic acids is 1. The van der Waals surface area contributed by atoms with Gasteiger partial charge in [-0.25, -0.2) is 4.79 Å². The van der Waals surface area contributed by atoms with Gasteiger partial charge in [-0.2, -0.15) is 0 Å². The largest absolute Gasteiger partial charge is 0.454 e. The van der Waals surface area contributed by atoms with Gasteiger partial charge in [0.1, 0.15) is 0 Å². The minimum atomic E-state index is -0.182. The predicted octanol–water partition coefficient (Wildman–Crippen LogP) is 2.78. The highest BCUT2D eigenvalue weighted by molar-refractivity contribution is 7.11. The van der Waals surface area contributed by atoms with Gasteiger partial charge < -0.3 is 20.1 Å². The van der Waals surface area contributed by atoms with E-state index in [1.54, 1.807) is 11.3 Å². The Labute approximate surface area is 126 Å². The summed E-state index contributed by atoms with van der Waals surface area (Å²) in [4.78, 5) is 14.1. The van der Waals surface area contributed by atoms with Crippen LogP contribution in [0.5, 0.6) is 11.5 Å². The summed E-state index contributed by atoms with van der Waals surface area (Å²) in [5.41, 5.74) is 0.973. The summed E-state index contributed by atoms with van der Waals surface area (Å²) in [5, 5.41) is 5.66. The third-order valence-electron chi connectivity index (χ3n) is 3.11. The first-order chi connectivity index (χ1) is 10.2. The van der Waals surface area contributed by atoms with Crippen molar-refractivity contribution < 1.29 is 14.3 Å². The number of ether oxygens (including phenoxy) is 2. The molecule has 1 aliphatic heterocycles. The number of urea groups is 1. The van der Waals surface area contributed by atoms with E-state index in [4.69, 9.17) is 9.47 Å². The number of carbonyl (C=O) groups is 1. The first-order valence-corrected chi connectivity index (χ1v) is 7.48. The molecule has 5 nitrogen and oxygen atoms in total. The molecule has 1 aromatic heterocycles. The number of amides is 2. The topological polar surface area (TPSA) is 59.6 Å². The van der Waals surface area contributed by atoms with Crippen molar-refractivity contribution in [2.24, 2.45) is 0 Å². The number of nitrogens with one attached hydrogen (secondary N) is 2. The normalized spacial score (nSPS) is 12.2. The molecule has 0 saturated heterocycles. The first-order valence-electron chi connectivity index (χ1n) is 6.66. The molecule has 0 unspecified atom stereocenters. The Kier molecular flexibility index (Phi) is 3.96. The molecule has 1 aromatic carbocycles. The van der Waals surface area contributed by atoms with Gasteiger partial charge in [0.2, 0.25) is 6.79 Å². The van der Waals surface area contributed by atoms with Crippen LogP contribution in [0.15, 0.2) is 30.3 Å². The van der Waals surface area contributed by atoms with Gasteiger partial charge in [-0.05, 0) is 36.8 Å². The van der Waals surface area contributed by atoms with Crippen molar-refractivity contribution in [2.75, 3.05) is 6.79 Å². The highest BCUT2D eigenvalue weighted by atomic mass is 32.1. The maximum Gasteiger partial charge on any atom is 0.315 e. The van der Waals surface area contributed by atoms with Crippen molar-refractivity contribution in [3.8, 4) is 11.5 Å². The van der Waals surface area contributed by atoms with Gasteiger partial charge in [0, 0.05) is 16.3 Å². The molecule has 0 saturated carbocycles. The van der Waals surface area contributed by atoms with Gasteiger partial charge in [0.15, 0.2) is 11.5 Å². The molecule has 0 spiro atoms. The molecule has 1 aliphatic rings. The van der Waals surface area contributed by atoms with E-state index in [1.165, 1.54) is 4.88 Å². The minimum Gasteiger partial charge on any atom is -0.454 e. The van der Waals surface area contributed by atoms with E-state index in [0.717, 1.165) is 21.9 Å². The lowest BCUT2D eigenvalue weighted by atomic mass is 10.2. The summed E-state index contributed by atoms with van der Waals surface area (Å²) in [6.07, 6.45) is 0. The fraction of sp³-hybridized carbons (Fsp3) is 0.267. The van der Waals surface area contributed by atoms with Crippen LogP contribution < -0.4 is 20.1 Å². The molecular weight excluding hydrogens is 288 g/mol. The fourth-order valence-electron chi connectivity index (χ4n) is 2.04. The number of hydrogen-bond donors (Lipinski definition) is 2. The summed E-state index contributed by atoms with van der Waals surface area (Å²) in [6.45, 7) is 3.30. The Hall–Kier alpha value is -2.21. The zero-order chi connectivity index (χ0) is 14.7. The van der Waals surface area contributed by atoms with E-state index in [0.29, 0.717) is 13.1 Å². The van der Waals surface area contributed by atoms with Crippen molar-refractivity contribution >= 4 is 17.4 Å². The zero-order valence-electron chi connectivity index (χ0n) is 11.6. The second kappa shape index (κ2) is 6.05. The third-order valence-corrected chi connectivity index (χ3v) is 4.11. The van der Waals surface area contributed by atoms with E-state index in [-0.39, 0.29) is 12.8 Å². The van der Waals surface area contributed by atoms with Crippen molar-refractivity contribution in [3.05, 3.63) is 45.6 Å². The number of hydrogen-bond acceptors (Lipinski definition) is 4. The van der Waals surface area contributed by atoms with Crippen LogP contribution in [0.3, 0.4) is 0 Å². The maximum atomic E-state index is 11.8. The van der Waals surface area contributed by atoms with Crippen LogP contribution in [0, 0.1) is 6.92 Å². The summed E-state index contributed by atoms with van der Waals surface area (Å²) in [6, 6.07) is 9.54. The molecule has 0 aliphatic carbocycles. The Balaban J connectivity index is 1.47. The molecule has 2 heterocycles. The van der Waals surface area contributed by atoms with Gasteiger partial charge >= 0.3 is 6.03 Å². The zero-order valence-corrected chi connectivity index (χ0v) is 12.5. The summed E-state index contributed by atoms with van der Waals surface area (Å²) < 4.78 is 10.6. The molecule has 2 N–H and O–H groups in total. The van der Waals surface area contributed by atoms with Gasteiger partial charge in [0.05, 0.1) is 6.54 Å². The standard InChI is InChI=1S/C15H16N2O3S/c1-10-2-4-12(21-10)8-17-15(18)16-7-11-3-5-13-14(6-11)20-9-19-13/h2-6H,7-9H2,1H3,(H2,16,17,18). The van der Waals surface area contributed by atoms with Crippen LogP contribution in [0.4, 0.5) is 4.79 Å². The lowest BCUT2D eigenvalue weighted by Gasteiger charge is -2.07. The van der Waals surface area contributed by atoms with Crippen LogP contribution in [0.2, 0.25) is 0 Å². The highest BCUT2D eigenvalue weighted by Crippen LogP contribution is 2.32. The number of thiophene rings is 1. The Morgan fingerprint density at radius 1 is 1.14 bits per heavy atom. The van der Waals surface area contributed by atoms with Crippen molar-refractivity contribution in [1.82, 2.24) is 10.6 Å². The molecule has 0 bridgehead atoms. The second-order valence-electron chi connectivity index (χ2n) is 4.74. The average Bonchev–Trinajstić information content (AvgIpc) is 3.10. The number of rotatable bonds is 4. The van der Waals surface area contributed by atoms with E-state index in [1.807, 2.05) is 37.3 Å². The summed E-state index contributed by atoms with van der Waals surface area (Å²) in [7, 11) is 0. The monoisotopic (exact) mass is 304 g/mol. The SMILES string of the molecule is Cc1ccc(CNC(=O)NCc2ccc3c(c2)OCO3)s1. The van der Waals surface area contributed by atoms with Crippen molar-refractivity contribution in [2.45, 2.75) is 20.0 Å². The van der Waals surface area contributed by atoms with Gasteiger partial charge in [0.25, 0.3) is 0 Å².